The third-order valence-corrected chi connectivity index (χ3v) is 8.31. The molecule has 1 fully saturated rings. The van der Waals surface area contributed by atoms with Gasteiger partial charge in [-0.3, -0.25) is 14.5 Å². The van der Waals surface area contributed by atoms with Gasteiger partial charge in [-0.25, -0.2) is 0 Å². The second-order valence-corrected chi connectivity index (χ2v) is 11.0. The molecule has 41 heavy (non-hydrogen) atoms. The Kier molecular flexibility index (Phi) is 8.54. The van der Waals surface area contributed by atoms with Crippen molar-refractivity contribution >= 4 is 34.7 Å². The maximum Gasteiger partial charge on any atom is 0.273 e. The molecule has 0 aliphatic heterocycles. The predicted octanol–water partition coefficient (Wildman–Crippen LogP) is 6.16. The van der Waals surface area contributed by atoms with Gasteiger partial charge in [-0.05, 0) is 85.4 Å². The van der Waals surface area contributed by atoms with Crippen LogP contribution >= 0.6 is 11.5 Å². The number of benzene rings is 3. The molecule has 1 aliphatic carbocycles. The first-order valence-corrected chi connectivity index (χ1v) is 14.4. The van der Waals surface area contributed by atoms with Crippen LogP contribution in [0.2, 0.25) is 0 Å². The van der Waals surface area contributed by atoms with Crippen LogP contribution in [0.5, 0.6) is 11.5 Å². The number of nitrogens with one attached hydrogen (secondary N) is 1. The van der Waals surface area contributed by atoms with Gasteiger partial charge in [-0.2, -0.15) is 4.37 Å². The average Bonchev–Trinajstić information content (AvgIpc) is 3.65. The molecule has 212 valence electrons. The molecule has 1 aromatic heterocycles. The number of anilines is 2. The van der Waals surface area contributed by atoms with Crippen molar-refractivity contribution in [3.05, 3.63) is 88.8 Å². The second kappa shape index (κ2) is 12.4. The molecule has 0 saturated heterocycles. The molecular formula is C32H34N4O4S. The van der Waals surface area contributed by atoms with Crippen LogP contribution in [0.15, 0.2) is 72.8 Å². The van der Waals surface area contributed by atoms with Crippen molar-refractivity contribution in [2.75, 3.05) is 24.9 Å². The number of nitrogens with zero attached hydrogens (tertiary/aromatic N) is 2. The fraction of sp³-hybridized carbons (Fsp3) is 0.281. The largest absolute Gasteiger partial charge is 0.497 e. The molecule has 4 aromatic rings. The van der Waals surface area contributed by atoms with Crippen molar-refractivity contribution in [2.24, 2.45) is 0 Å². The summed E-state index contributed by atoms with van der Waals surface area (Å²) in [6, 6.07) is 21.3. The maximum atomic E-state index is 14.5. The highest BCUT2D eigenvalue weighted by Gasteiger charge is 2.36. The van der Waals surface area contributed by atoms with Crippen LogP contribution in [0, 0.1) is 6.92 Å². The van der Waals surface area contributed by atoms with E-state index in [-0.39, 0.29) is 22.5 Å². The summed E-state index contributed by atoms with van der Waals surface area (Å²) in [7, 11) is 3.19. The number of amides is 2. The van der Waals surface area contributed by atoms with Crippen molar-refractivity contribution in [2.45, 2.75) is 44.7 Å². The number of nitrogens with two attached hydrogens (primary N) is 1. The molecule has 9 heteroatoms. The van der Waals surface area contributed by atoms with Gasteiger partial charge in [0.1, 0.15) is 28.1 Å². The Morgan fingerprint density at radius 2 is 1.51 bits per heavy atom. The van der Waals surface area contributed by atoms with Gasteiger partial charge in [0.05, 0.1) is 19.9 Å². The van der Waals surface area contributed by atoms with Gasteiger partial charge in [0, 0.05) is 17.3 Å². The summed E-state index contributed by atoms with van der Waals surface area (Å²) >= 11 is 1.03. The van der Waals surface area contributed by atoms with Gasteiger partial charge in [0.2, 0.25) is 5.91 Å². The molecule has 5 rings (SSSR count). The molecule has 0 bridgehead atoms. The Morgan fingerprint density at radius 3 is 2.10 bits per heavy atom. The number of aryl methyl sites for hydroxylation is 1. The van der Waals surface area contributed by atoms with E-state index in [9.17, 15) is 9.59 Å². The van der Waals surface area contributed by atoms with Crippen LogP contribution in [0.25, 0.3) is 11.3 Å². The molecule has 1 atom stereocenters. The number of carbonyl (C=O) groups excluding carboxylic acids is 2. The van der Waals surface area contributed by atoms with Gasteiger partial charge in [-0.1, -0.05) is 42.7 Å². The molecule has 0 spiro atoms. The van der Waals surface area contributed by atoms with Gasteiger partial charge in [0.25, 0.3) is 5.91 Å². The molecular weight excluding hydrogens is 536 g/mol. The van der Waals surface area contributed by atoms with Crippen molar-refractivity contribution < 1.29 is 19.1 Å². The third kappa shape index (κ3) is 6.05. The zero-order valence-corrected chi connectivity index (χ0v) is 24.2. The Labute approximate surface area is 244 Å². The quantitative estimate of drug-likeness (QED) is 0.249. The Hall–Kier alpha value is -4.37. The number of hydrogen-bond donors (Lipinski definition) is 2. The normalized spacial score (nSPS) is 13.9. The van der Waals surface area contributed by atoms with Gasteiger partial charge in [-0.15, -0.1) is 0 Å². The summed E-state index contributed by atoms with van der Waals surface area (Å²) in [4.78, 5) is 30.3. The molecule has 1 saturated carbocycles. The van der Waals surface area contributed by atoms with E-state index in [1.54, 1.807) is 26.4 Å². The number of nitrogen functional groups attached to an aromatic ring is 1. The minimum atomic E-state index is -0.942. The first-order chi connectivity index (χ1) is 19.9. The van der Waals surface area contributed by atoms with E-state index in [1.807, 2.05) is 67.6 Å². The van der Waals surface area contributed by atoms with Crippen LogP contribution in [-0.4, -0.2) is 36.4 Å². The number of rotatable bonds is 9. The van der Waals surface area contributed by atoms with Crippen LogP contribution < -0.4 is 25.4 Å². The fourth-order valence-electron chi connectivity index (χ4n) is 5.16. The Balaban J connectivity index is 1.59. The summed E-state index contributed by atoms with van der Waals surface area (Å²) in [5, 5.41) is 3.21. The number of ether oxygens (including phenoxy) is 2. The smallest absolute Gasteiger partial charge is 0.273 e. The van der Waals surface area contributed by atoms with Crippen molar-refractivity contribution in [3.63, 3.8) is 0 Å². The summed E-state index contributed by atoms with van der Waals surface area (Å²) < 4.78 is 15.2. The summed E-state index contributed by atoms with van der Waals surface area (Å²) in [6.07, 6.45) is 3.99. The number of methoxy groups -OCH3 is 2. The fourth-order valence-corrected chi connectivity index (χ4v) is 5.92. The zero-order valence-electron chi connectivity index (χ0n) is 23.4. The van der Waals surface area contributed by atoms with E-state index in [0.717, 1.165) is 48.3 Å². The van der Waals surface area contributed by atoms with E-state index >= 15 is 0 Å². The standard InChI is InChI=1S/C32H34N4O4S/c1-20-8-14-24(15-9-20)36(32(38)30-27(33)28(35-41-30)21-10-16-25(39-2)17-11-21)29(22-12-18-26(40-3)19-13-22)31(37)34-23-6-4-5-7-23/h8-19,23,29H,4-7,33H2,1-3H3,(H,34,37)/t29-/m1/s1. The minimum Gasteiger partial charge on any atom is -0.497 e. The predicted molar refractivity (Wildman–Crippen MR) is 163 cm³/mol. The molecule has 1 heterocycles. The van der Waals surface area contributed by atoms with E-state index in [4.69, 9.17) is 15.2 Å². The van der Waals surface area contributed by atoms with Crippen LogP contribution in [0.3, 0.4) is 0 Å². The van der Waals surface area contributed by atoms with E-state index < -0.39 is 11.9 Å². The number of carbonyl (C=O) groups is 2. The molecule has 3 N–H and O–H groups in total. The summed E-state index contributed by atoms with van der Waals surface area (Å²) in [5.41, 5.74) is 10.4. The number of aromatic nitrogens is 1. The van der Waals surface area contributed by atoms with Crippen LogP contribution in [-0.2, 0) is 4.79 Å². The minimum absolute atomic E-state index is 0.0772. The lowest BCUT2D eigenvalue weighted by molar-refractivity contribution is -0.123. The summed E-state index contributed by atoms with van der Waals surface area (Å²) in [5.74, 6) is 0.730. The van der Waals surface area contributed by atoms with Gasteiger partial charge in [0.15, 0.2) is 0 Å². The zero-order chi connectivity index (χ0) is 28.9. The lowest BCUT2D eigenvalue weighted by Gasteiger charge is -2.32. The first kappa shape index (κ1) is 28.2. The maximum absolute atomic E-state index is 14.5. The highest BCUT2D eigenvalue weighted by Crippen LogP contribution is 2.37. The third-order valence-electron chi connectivity index (χ3n) is 7.46. The van der Waals surface area contributed by atoms with E-state index in [0.29, 0.717) is 28.4 Å². The first-order valence-electron chi connectivity index (χ1n) is 13.6. The molecule has 0 radical (unpaired) electrons. The SMILES string of the molecule is COc1ccc(-c2nsc(C(=O)N(c3ccc(C)cc3)[C@@H](C(=O)NC3CCCC3)c3ccc(OC)cc3)c2N)cc1. The molecule has 1 aliphatic rings. The lowest BCUT2D eigenvalue weighted by Crippen LogP contribution is -2.46. The van der Waals surface area contributed by atoms with Crippen molar-refractivity contribution in [3.8, 4) is 22.8 Å². The average molecular weight is 571 g/mol. The van der Waals surface area contributed by atoms with E-state index in [1.165, 1.54) is 4.90 Å². The van der Waals surface area contributed by atoms with Gasteiger partial charge < -0.3 is 20.5 Å². The molecule has 0 unspecified atom stereocenters. The lowest BCUT2D eigenvalue weighted by atomic mass is 10.0. The Morgan fingerprint density at radius 1 is 0.927 bits per heavy atom. The number of hydrogen-bond acceptors (Lipinski definition) is 7. The van der Waals surface area contributed by atoms with Crippen LogP contribution in [0.4, 0.5) is 11.4 Å². The van der Waals surface area contributed by atoms with E-state index in [2.05, 4.69) is 9.69 Å². The molecule has 3 aromatic carbocycles. The topological polar surface area (TPSA) is 107 Å². The molecule has 8 nitrogen and oxygen atoms in total. The van der Waals surface area contributed by atoms with Crippen LogP contribution in [0.1, 0.15) is 52.5 Å². The highest BCUT2D eigenvalue weighted by molar-refractivity contribution is 7.09. The van der Waals surface area contributed by atoms with Crippen molar-refractivity contribution in [1.82, 2.24) is 9.69 Å². The second-order valence-electron chi connectivity index (χ2n) is 10.2. The van der Waals surface area contributed by atoms with Gasteiger partial charge >= 0.3 is 0 Å². The monoisotopic (exact) mass is 570 g/mol. The highest BCUT2D eigenvalue weighted by atomic mass is 32.1. The Bertz CT molecular complexity index is 1490. The summed E-state index contributed by atoms with van der Waals surface area (Å²) in [6.45, 7) is 1.98. The van der Waals surface area contributed by atoms with Crippen molar-refractivity contribution in [1.29, 1.82) is 0 Å². The molecule has 2 amide bonds.